The first-order valence-corrected chi connectivity index (χ1v) is 8.07. The van der Waals surface area contributed by atoms with Crippen LogP contribution >= 0.6 is 0 Å². The van der Waals surface area contributed by atoms with Crippen molar-refractivity contribution in [2.75, 3.05) is 7.11 Å². The largest absolute Gasteiger partial charge is 0.496 e. The van der Waals surface area contributed by atoms with Crippen molar-refractivity contribution < 1.29 is 9.13 Å². The van der Waals surface area contributed by atoms with Crippen molar-refractivity contribution in [1.82, 2.24) is 0 Å². The zero-order valence-corrected chi connectivity index (χ0v) is 15.0. The van der Waals surface area contributed by atoms with E-state index < -0.39 is 0 Å². The van der Waals surface area contributed by atoms with E-state index in [2.05, 4.69) is 52.8 Å². The van der Waals surface area contributed by atoms with Gasteiger partial charge in [-0.3, -0.25) is 0 Å². The average molecular weight is 314 g/mol. The van der Waals surface area contributed by atoms with Gasteiger partial charge in [-0.15, -0.1) is 0 Å². The van der Waals surface area contributed by atoms with Crippen LogP contribution in [-0.2, 0) is 17.3 Å². The topological polar surface area (TPSA) is 9.23 Å². The van der Waals surface area contributed by atoms with Crippen LogP contribution in [0, 0.1) is 5.82 Å². The Labute approximate surface area is 139 Å². The Morgan fingerprint density at radius 1 is 0.913 bits per heavy atom. The van der Waals surface area contributed by atoms with Crippen LogP contribution in [-0.4, -0.2) is 7.11 Å². The number of hydrogen-bond donors (Lipinski definition) is 0. The van der Waals surface area contributed by atoms with Gasteiger partial charge in [-0.25, -0.2) is 4.39 Å². The molecule has 0 unspecified atom stereocenters. The summed E-state index contributed by atoms with van der Waals surface area (Å²) in [6.45, 7) is 10.9. The summed E-state index contributed by atoms with van der Waals surface area (Å²) in [6.07, 6.45) is 0.874. The van der Waals surface area contributed by atoms with Crippen LogP contribution in [0.1, 0.15) is 51.3 Å². The fraction of sp³-hybridized carbons (Fsp3) is 0.429. The van der Waals surface area contributed by atoms with Crippen molar-refractivity contribution in [3.05, 3.63) is 65.0 Å². The summed E-state index contributed by atoms with van der Waals surface area (Å²) in [5, 5.41) is 0. The Kier molecular flexibility index (Phi) is 4.84. The first-order chi connectivity index (χ1) is 10.6. The SMILES string of the molecule is COc1cc(CC(C)(C)c2ccc(F)cc2)ccc1C(C)(C)C. The lowest BCUT2D eigenvalue weighted by molar-refractivity contribution is 0.396. The molecule has 0 fully saturated rings. The van der Waals surface area contributed by atoms with Gasteiger partial charge in [0.05, 0.1) is 7.11 Å². The summed E-state index contributed by atoms with van der Waals surface area (Å²) in [4.78, 5) is 0. The van der Waals surface area contributed by atoms with E-state index in [0.29, 0.717) is 0 Å². The molecule has 2 rings (SSSR count). The molecule has 0 aliphatic heterocycles. The molecule has 2 aromatic rings. The maximum Gasteiger partial charge on any atom is 0.123 e. The third-order valence-electron chi connectivity index (χ3n) is 4.35. The zero-order valence-electron chi connectivity index (χ0n) is 15.0. The van der Waals surface area contributed by atoms with E-state index in [1.807, 2.05) is 12.1 Å². The van der Waals surface area contributed by atoms with Gasteiger partial charge in [-0.2, -0.15) is 0 Å². The minimum atomic E-state index is -0.194. The Bertz CT molecular complexity index is 663. The van der Waals surface area contributed by atoms with Crippen molar-refractivity contribution in [1.29, 1.82) is 0 Å². The molecule has 23 heavy (non-hydrogen) atoms. The van der Waals surface area contributed by atoms with Crippen molar-refractivity contribution in [2.45, 2.75) is 51.9 Å². The highest BCUT2D eigenvalue weighted by Gasteiger charge is 2.23. The molecule has 124 valence electrons. The molecule has 0 atom stereocenters. The lowest BCUT2D eigenvalue weighted by Crippen LogP contribution is -2.21. The lowest BCUT2D eigenvalue weighted by atomic mass is 9.78. The Morgan fingerprint density at radius 3 is 2.04 bits per heavy atom. The normalized spacial score (nSPS) is 12.3. The van der Waals surface area contributed by atoms with Crippen LogP contribution < -0.4 is 4.74 Å². The van der Waals surface area contributed by atoms with Gasteiger partial charge in [0, 0.05) is 0 Å². The van der Waals surface area contributed by atoms with E-state index in [1.165, 1.54) is 23.3 Å². The van der Waals surface area contributed by atoms with Crippen molar-refractivity contribution in [3.8, 4) is 5.75 Å². The summed E-state index contributed by atoms with van der Waals surface area (Å²) in [7, 11) is 1.72. The van der Waals surface area contributed by atoms with Gasteiger partial charge in [0.15, 0.2) is 0 Å². The number of benzene rings is 2. The van der Waals surface area contributed by atoms with Gasteiger partial charge in [0.1, 0.15) is 11.6 Å². The summed E-state index contributed by atoms with van der Waals surface area (Å²) >= 11 is 0. The Hall–Kier alpha value is -1.83. The summed E-state index contributed by atoms with van der Waals surface area (Å²) < 4.78 is 18.7. The summed E-state index contributed by atoms with van der Waals surface area (Å²) in [5.41, 5.74) is 3.56. The molecule has 1 nitrogen and oxygen atoms in total. The molecule has 0 saturated heterocycles. The van der Waals surface area contributed by atoms with Crippen LogP contribution in [0.15, 0.2) is 42.5 Å². The second-order valence-corrected chi connectivity index (χ2v) is 7.85. The second-order valence-electron chi connectivity index (χ2n) is 7.85. The number of methoxy groups -OCH3 is 1. The fourth-order valence-electron chi connectivity index (χ4n) is 2.98. The highest BCUT2D eigenvalue weighted by atomic mass is 19.1. The van der Waals surface area contributed by atoms with Crippen molar-refractivity contribution in [3.63, 3.8) is 0 Å². The number of hydrogen-bond acceptors (Lipinski definition) is 1. The fourth-order valence-corrected chi connectivity index (χ4v) is 2.98. The van der Waals surface area contributed by atoms with Gasteiger partial charge < -0.3 is 4.74 Å². The standard InChI is InChI=1S/C21H27FO/c1-20(2,3)18-12-7-15(13-19(18)23-6)14-21(4,5)16-8-10-17(22)11-9-16/h7-13H,14H2,1-6H3. The third kappa shape index (κ3) is 4.13. The van der Waals surface area contributed by atoms with E-state index in [0.717, 1.165) is 17.7 Å². The minimum Gasteiger partial charge on any atom is -0.496 e. The van der Waals surface area contributed by atoms with E-state index in [1.54, 1.807) is 7.11 Å². The minimum absolute atomic E-state index is 0.0519. The van der Waals surface area contributed by atoms with Gasteiger partial charge in [0.25, 0.3) is 0 Å². The first kappa shape index (κ1) is 17.5. The zero-order chi connectivity index (χ0) is 17.3. The number of halogens is 1. The van der Waals surface area contributed by atoms with E-state index in [9.17, 15) is 4.39 Å². The molecular formula is C21H27FO. The maximum atomic E-state index is 13.1. The van der Waals surface area contributed by atoms with Gasteiger partial charge in [-0.1, -0.05) is 58.9 Å². The molecule has 0 aromatic heterocycles. The third-order valence-corrected chi connectivity index (χ3v) is 4.35. The molecule has 0 radical (unpaired) electrons. The van der Waals surface area contributed by atoms with Gasteiger partial charge in [0.2, 0.25) is 0 Å². The number of rotatable bonds is 4. The molecule has 0 spiro atoms. The Morgan fingerprint density at radius 2 is 1.52 bits per heavy atom. The van der Waals surface area contributed by atoms with Gasteiger partial charge in [-0.05, 0) is 52.1 Å². The second kappa shape index (κ2) is 6.35. The summed E-state index contributed by atoms with van der Waals surface area (Å²) in [6, 6.07) is 13.3. The monoisotopic (exact) mass is 314 g/mol. The molecular weight excluding hydrogens is 287 g/mol. The predicted octanol–water partition coefficient (Wildman–Crippen LogP) is 5.65. The van der Waals surface area contributed by atoms with Gasteiger partial charge >= 0.3 is 0 Å². The maximum absolute atomic E-state index is 13.1. The smallest absolute Gasteiger partial charge is 0.123 e. The van der Waals surface area contributed by atoms with Crippen LogP contribution in [0.25, 0.3) is 0 Å². The average Bonchev–Trinajstić information content (AvgIpc) is 2.46. The molecule has 2 heteroatoms. The molecule has 0 bridgehead atoms. The van der Waals surface area contributed by atoms with E-state index in [-0.39, 0.29) is 16.6 Å². The quantitative estimate of drug-likeness (QED) is 0.708. The molecule has 0 aliphatic rings. The highest BCUT2D eigenvalue weighted by molar-refractivity contribution is 5.42. The van der Waals surface area contributed by atoms with Crippen molar-refractivity contribution in [2.24, 2.45) is 0 Å². The highest BCUT2D eigenvalue weighted by Crippen LogP contribution is 2.34. The molecule has 0 heterocycles. The predicted molar refractivity (Wildman–Crippen MR) is 94.8 cm³/mol. The van der Waals surface area contributed by atoms with Crippen LogP contribution in [0.3, 0.4) is 0 Å². The van der Waals surface area contributed by atoms with E-state index in [4.69, 9.17) is 4.74 Å². The summed E-state index contributed by atoms with van der Waals surface area (Å²) in [5.74, 6) is 0.741. The van der Waals surface area contributed by atoms with E-state index >= 15 is 0 Å². The molecule has 0 aliphatic carbocycles. The first-order valence-electron chi connectivity index (χ1n) is 8.07. The van der Waals surface area contributed by atoms with Crippen LogP contribution in [0.4, 0.5) is 4.39 Å². The van der Waals surface area contributed by atoms with Crippen LogP contribution in [0.2, 0.25) is 0 Å². The Balaban J connectivity index is 2.30. The molecule has 0 saturated carbocycles. The van der Waals surface area contributed by atoms with Crippen LogP contribution in [0.5, 0.6) is 5.75 Å². The molecule has 0 amide bonds. The molecule has 2 aromatic carbocycles. The number of ether oxygens (including phenoxy) is 1. The van der Waals surface area contributed by atoms with Crippen molar-refractivity contribution >= 4 is 0 Å². The lowest BCUT2D eigenvalue weighted by Gasteiger charge is -2.27. The molecule has 0 N–H and O–H groups in total.